The average molecular weight is 782 g/mol. The summed E-state index contributed by atoms with van der Waals surface area (Å²) in [5, 5.41) is 3.94. The molecule has 2 bridgehead atoms. The summed E-state index contributed by atoms with van der Waals surface area (Å²) < 4.78 is 12.5. The van der Waals surface area contributed by atoms with Crippen molar-refractivity contribution in [1.82, 2.24) is 29.5 Å². The highest BCUT2D eigenvalue weighted by atomic mass is 35.5. The summed E-state index contributed by atoms with van der Waals surface area (Å²) in [6, 6.07) is 19.7. The molecule has 0 unspecified atom stereocenters. The summed E-state index contributed by atoms with van der Waals surface area (Å²) in [6.07, 6.45) is 8.06. The van der Waals surface area contributed by atoms with Crippen molar-refractivity contribution in [3.8, 4) is 39.4 Å². The quantitative estimate of drug-likeness (QED) is 0.150. The van der Waals surface area contributed by atoms with Crippen molar-refractivity contribution in [1.29, 1.82) is 0 Å². The molecule has 1 atom stereocenters. The Morgan fingerprint density at radius 1 is 0.945 bits per heavy atom. The van der Waals surface area contributed by atoms with Crippen molar-refractivity contribution < 1.29 is 19.1 Å². The third-order valence-corrected chi connectivity index (χ3v) is 12.5. The Bertz CT molecular complexity index is 2380. The van der Waals surface area contributed by atoms with Crippen LogP contribution in [0.15, 0.2) is 77.9 Å². The van der Waals surface area contributed by atoms with E-state index in [4.69, 9.17) is 37.7 Å². The van der Waals surface area contributed by atoms with Gasteiger partial charge in [0, 0.05) is 72.3 Å². The molecule has 284 valence electrons. The third-order valence-electron chi connectivity index (χ3n) is 11.6. The van der Waals surface area contributed by atoms with Crippen LogP contribution in [0.1, 0.15) is 49.7 Å². The van der Waals surface area contributed by atoms with Gasteiger partial charge in [-0.05, 0) is 62.9 Å². The molecule has 5 aromatic rings. The van der Waals surface area contributed by atoms with Gasteiger partial charge in [-0.15, -0.1) is 0 Å². The van der Waals surface area contributed by atoms with Gasteiger partial charge in [0.2, 0.25) is 11.8 Å². The molecule has 55 heavy (non-hydrogen) atoms. The minimum absolute atomic E-state index is 0.0199. The first-order valence-electron chi connectivity index (χ1n) is 18.5. The topological polar surface area (TPSA) is 118 Å². The van der Waals surface area contributed by atoms with Gasteiger partial charge in [0.25, 0.3) is 5.56 Å². The molecule has 1 aliphatic carbocycles. The molecule has 13 heteroatoms. The number of benzene rings is 2. The molecule has 1 saturated carbocycles. The first kappa shape index (κ1) is 37.1. The lowest BCUT2D eigenvalue weighted by atomic mass is 9.67. The van der Waals surface area contributed by atoms with Gasteiger partial charge in [-0.1, -0.05) is 65.7 Å². The fourth-order valence-corrected chi connectivity index (χ4v) is 9.26. The number of nitrogens with zero attached hydrogens (tertiary/aromatic N) is 5. The van der Waals surface area contributed by atoms with Crippen molar-refractivity contribution in [3.63, 3.8) is 0 Å². The van der Waals surface area contributed by atoms with Crippen LogP contribution in [-0.2, 0) is 27.4 Å². The van der Waals surface area contributed by atoms with Gasteiger partial charge in [0.1, 0.15) is 5.65 Å². The largest absolute Gasteiger partial charge is 0.481 e. The second-order valence-corrected chi connectivity index (χ2v) is 15.6. The molecule has 2 aromatic carbocycles. The summed E-state index contributed by atoms with van der Waals surface area (Å²) >= 11 is 14.3. The number of carbonyl (C=O) groups excluding carboxylic acids is 2. The zero-order chi connectivity index (χ0) is 38.4. The normalized spacial score (nSPS) is 20.9. The highest BCUT2D eigenvalue weighted by molar-refractivity contribution is 6.39. The summed E-state index contributed by atoms with van der Waals surface area (Å²) in [6.45, 7) is 1.65. The number of nitrogens with one attached hydrogen (secondary N) is 1. The van der Waals surface area contributed by atoms with Crippen LogP contribution in [0.5, 0.6) is 5.88 Å². The zero-order valence-electron chi connectivity index (χ0n) is 31.0. The smallest absolute Gasteiger partial charge is 0.313 e. The molecule has 6 heterocycles. The molecule has 11 nitrogen and oxygen atoms in total. The van der Waals surface area contributed by atoms with Crippen LogP contribution < -0.4 is 15.6 Å². The van der Waals surface area contributed by atoms with E-state index in [-0.39, 0.29) is 23.6 Å². The molecule has 1 N–H and O–H groups in total. The van der Waals surface area contributed by atoms with E-state index in [0.717, 1.165) is 59.1 Å². The number of esters is 1. The molecule has 4 aliphatic rings. The van der Waals surface area contributed by atoms with Crippen molar-refractivity contribution >= 4 is 40.7 Å². The number of halogens is 2. The second-order valence-electron chi connectivity index (χ2n) is 14.9. The van der Waals surface area contributed by atoms with Crippen LogP contribution in [0.3, 0.4) is 0 Å². The number of fused-ring (bicyclic) bond motifs is 4. The van der Waals surface area contributed by atoms with Gasteiger partial charge >= 0.3 is 5.97 Å². The minimum Gasteiger partial charge on any atom is -0.481 e. The number of pyridine rings is 2. The predicted octanol–water partition coefficient (Wildman–Crippen LogP) is 6.99. The molecule has 1 amide bonds. The molecule has 3 aliphatic heterocycles. The van der Waals surface area contributed by atoms with E-state index in [9.17, 15) is 14.4 Å². The Hall–Kier alpha value is -4.81. The van der Waals surface area contributed by atoms with Gasteiger partial charge in [-0.25, -0.2) is 9.97 Å². The number of amides is 1. The van der Waals surface area contributed by atoms with E-state index < -0.39 is 5.41 Å². The van der Waals surface area contributed by atoms with Gasteiger partial charge < -0.3 is 14.8 Å². The zero-order valence-corrected chi connectivity index (χ0v) is 32.5. The van der Waals surface area contributed by atoms with Crippen LogP contribution in [-0.4, -0.2) is 76.1 Å². The molecule has 9 rings (SSSR count). The molecule has 0 spiro atoms. The molecular formula is C42H42Cl2N6O5. The third kappa shape index (κ3) is 6.88. The summed E-state index contributed by atoms with van der Waals surface area (Å²) in [4.78, 5) is 51.7. The maximum atomic E-state index is 13.4. The monoisotopic (exact) mass is 780 g/mol. The average Bonchev–Trinajstić information content (AvgIpc) is 3.65. The maximum absolute atomic E-state index is 13.4. The number of carbonyl (C=O) groups is 2. The van der Waals surface area contributed by atoms with Crippen molar-refractivity contribution in [2.45, 2.75) is 63.8 Å². The van der Waals surface area contributed by atoms with Crippen LogP contribution in [0.25, 0.3) is 39.2 Å². The van der Waals surface area contributed by atoms with Gasteiger partial charge in [-0.3, -0.25) is 28.6 Å². The van der Waals surface area contributed by atoms with Crippen LogP contribution >= 0.6 is 23.2 Å². The molecular weight excluding hydrogens is 739 g/mol. The van der Waals surface area contributed by atoms with E-state index in [1.807, 2.05) is 72.6 Å². The number of hydrogen-bond donors (Lipinski definition) is 1. The van der Waals surface area contributed by atoms with Crippen LogP contribution in [0, 0.1) is 5.41 Å². The fourth-order valence-electron chi connectivity index (χ4n) is 8.60. The Balaban J connectivity index is 1.05. The first-order chi connectivity index (χ1) is 26.6. The summed E-state index contributed by atoms with van der Waals surface area (Å²) in [7, 11) is 4.98. The summed E-state index contributed by atoms with van der Waals surface area (Å²) in [5.41, 5.74) is 5.81. The maximum Gasteiger partial charge on any atom is 0.313 e. The van der Waals surface area contributed by atoms with Crippen molar-refractivity contribution in [2.24, 2.45) is 5.41 Å². The van der Waals surface area contributed by atoms with E-state index in [2.05, 4.69) is 15.2 Å². The Morgan fingerprint density at radius 3 is 2.35 bits per heavy atom. The Labute approximate surface area is 329 Å². The lowest BCUT2D eigenvalue weighted by Gasteiger charge is -2.51. The Morgan fingerprint density at radius 2 is 1.65 bits per heavy atom. The lowest BCUT2D eigenvalue weighted by Crippen LogP contribution is -2.56. The minimum atomic E-state index is -0.444. The van der Waals surface area contributed by atoms with E-state index in [1.54, 1.807) is 19.5 Å². The van der Waals surface area contributed by atoms with Crippen molar-refractivity contribution in [3.05, 3.63) is 105 Å². The van der Waals surface area contributed by atoms with Crippen molar-refractivity contribution in [2.75, 3.05) is 27.8 Å². The van der Waals surface area contributed by atoms with E-state index in [0.29, 0.717) is 71.3 Å². The Kier molecular flexibility index (Phi) is 10.1. The number of hydrogen-bond acceptors (Lipinski definition) is 9. The molecule has 0 radical (unpaired) electrons. The van der Waals surface area contributed by atoms with Gasteiger partial charge in [-0.2, -0.15) is 0 Å². The van der Waals surface area contributed by atoms with Crippen LogP contribution in [0.4, 0.5) is 0 Å². The molecule has 4 fully saturated rings. The number of aromatic nitrogens is 3. The molecule has 3 aromatic heterocycles. The number of piperidine rings is 2. The predicted molar refractivity (Wildman–Crippen MR) is 212 cm³/mol. The van der Waals surface area contributed by atoms with Crippen LogP contribution in [0.2, 0.25) is 10.0 Å². The lowest BCUT2D eigenvalue weighted by molar-refractivity contribution is -0.163. The van der Waals surface area contributed by atoms with E-state index in [1.165, 1.54) is 11.5 Å². The van der Waals surface area contributed by atoms with Gasteiger partial charge in [0.05, 0.1) is 47.1 Å². The number of methoxy groups -OCH3 is 2. The standard InChI is InChI=1S/C42H42Cl2N6O5/c1-48(34-12-13-36(51)47-34)22-27-21-45-35-20-25(16-19-50(35)40(27)52)29-6-4-7-30(37(29)43)31-8-5-9-32(38(31)44)33-11-10-26(39(46-33)54-2)23-49-24-42(41(53)55-3)17-14-28(49)15-18-42/h4-11,16,19-21,28,34H,12-15,17-18,22-24H2,1-3H3,(H,47,51)/t28?,34-,42?/m0/s1. The second kappa shape index (κ2) is 15.0. The van der Waals surface area contributed by atoms with E-state index >= 15 is 0 Å². The molecule has 3 saturated heterocycles. The van der Waals surface area contributed by atoms with Gasteiger partial charge in [0.15, 0.2) is 0 Å². The highest BCUT2D eigenvalue weighted by Crippen LogP contribution is 2.47. The summed E-state index contributed by atoms with van der Waals surface area (Å²) in [5.74, 6) is 0.415. The number of rotatable bonds is 10. The number of ether oxygens (including phenoxy) is 2. The fraction of sp³-hybridized carbons (Fsp3) is 0.357. The first-order valence-corrected chi connectivity index (χ1v) is 19.3. The SMILES string of the molecule is COC(=O)C12CCC(CC1)N(Cc1ccc(-c3cccc(-c4cccc(-c5ccn6c(=O)c(CN(C)[C@H]7CCC(=O)N7)cnc6c5)c4Cl)c3Cl)nc1OC)C2. The highest BCUT2D eigenvalue weighted by Gasteiger charge is 2.50.